The van der Waals surface area contributed by atoms with Crippen molar-refractivity contribution in [1.29, 1.82) is 0 Å². The molecular weight excluding hydrogens is 243 g/mol. The lowest BCUT2D eigenvalue weighted by molar-refractivity contribution is -0.136. The Kier molecular flexibility index (Phi) is 3.41. The third kappa shape index (κ3) is 2.91. The molecule has 0 bridgehead atoms. The van der Waals surface area contributed by atoms with Gasteiger partial charge in [0.05, 0.1) is 11.3 Å². The SMILES string of the molecule is O=C1C=C(Nc2ccccc2C(F)(F)F)CCC1. The number of ketones is 1. The van der Waals surface area contributed by atoms with Crippen LogP contribution in [-0.4, -0.2) is 5.78 Å². The maximum atomic E-state index is 12.8. The molecule has 1 aromatic rings. The highest BCUT2D eigenvalue weighted by Gasteiger charge is 2.33. The van der Waals surface area contributed by atoms with Gasteiger partial charge in [-0.2, -0.15) is 13.2 Å². The summed E-state index contributed by atoms with van der Waals surface area (Å²) >= 11 is 0. The summed E-state index contributed by atoms with van der Waals surface area (Å²) in [5.74, 6) is -0.0479. The van der Waals surface area contributed by atoms with Crippen molar-refractivity contribution in [3.8, 4) is 0 Å². The van der Waals surface area contributed by atoms with E-state index in [-0.39, 0.29) is 11.5 Å². The third-order valence-electron chi connectivity index (χ3n) is 2.73. The molecule has 1 aromatic carbocycles. The number of hydrogen-bond acceptors (Lipinski definition) is 2. The Morgan fingerprint density at radius 1 is 1.11 bits per heavy atom. The molecule has 2 nitrogen and oxygen atoms in total. The van der Waals surface area contributed by atoms with Gasteiger partial charge in [-0.15, -0.1) is 0 Å². The number of alkyl halides is 3. The summed E-state index contributed by atoms with van der Waals surface area (Å²) in [6.45, 7) is 0. The first-order valence-corrected chi connectivity index (χ1v) is 5.63. The van der Waals surface area contributed by atoms with Gasteiger partial charge < -0.3 is 5.32 Å². The van der Waals surface area contributed by atoms with E-state index in [2.05, 4.69) is 5.32 Å². The molecule has 0 aromatic heterocycles. The zero-order valence-electron chi connectivity index (χ0n) is 9.55. The van der Waals surface area contributed by atoms with Gasteiger partial charge in [0.15, 0.2) is 5.78 Å². The fourth-order valence-electron chi connectivity index (χ4n) is 1.90. The van der Waals surface area contributed by atoms with E-state index in [0.29, 0.717) is 25.0 Å². The van der Waals surface area contributed by atoms with Crippen molar-refractivity contribution in [2.75, 3.05) is 5.32 Å². The minimum Gasteiger partial charge on any atom is -0.358 e. The van der Waals surface area contributed by atoms with Gasteiger partial charge in [-0.25, -0.2) is 0 Å². The first-order valence-electron chi connectivity index (χ1n) is 5.63. The molecule has 5 heteroatoms. The van der Waals surface area contributed by atoms with Crippen LogP contribution in [0.2, 0.25) is 0 Å². The molecule has 0 fully saturated rings. The van der Waals surface area contributed by atoms with E-state index in [1.165, 1.54) is 24.3 Å². The monoisotopic (exact) mass is 255 g/mol. The van der Waals surface area contributed by atoms with Crippen LogP contribution in [-0.2, 0) is 11.0 Å². The summed E-state index contributed by atoms with van der Waals surface area (Å²) in [5, 5.41) is 2.71. The van der Waals surface area contributed by atoms with Gasteiger partial charge in [-0.05, 0) is 25.0 Å². The summed E-state index contributed by atoms with van der Waals surface area (Å²) in [6.07, 6.45) is -1.28. The summed E-state index contributed by atoms with van der Waals surface area (Å²) in [6, 6.07) is 5.26. The average Bonchev–Trinajstić information content (AvgIpc) is 2.28. The average molecular weight is 255 g/mol. The molecule has 0 unspecified atom stereocenters. The van der Waals surface area contributed by atoms with E-state index < -0.39 is 11.7 Å². The topological polar surface area (TPSA) is 29.1 Å². The van der Waals surface area contributed by atoms with Crippen molar-refractivity contribution in [2.45, 2.75) is 25.4 Å². The lowest BCUT2D eigenvalue weighted by atomic mass is 10.0. The van der Waals surface area contributed by atoms with E-state index in [0.717, 1.165) is 6.07 Å². The van der Waals surface area contributed by atoms with Crippen molar-refractivity contribution in [1.82, 2.24) is 0 Å². The molecule has 96 valence electrons. The van der Waals surface area contributed by atoms with Crippen LogP contribution in [0.1, 0.15) is 24.8 Å². The standard InChI is InChI=1S/C13H12F3NO/c14-13(15,16)11-6-1-2-7-12(11)17-9-4-3-5-10(18)8-9/h1-2,6-8,17H,3-5H2. The zero-order valence-corrected chi connectivity index (χ0v) is 9.55. The first kappa shape index (κ1) is 12.7. The van der Waals surface area contributed by atoms with Crippen LogP contribution in [0, 0.1) is 0 Å². The molecule has 0 heterocycles. The number of para-hydroxylation sites is 1. The Labute approximate surface area is 102 Å². The highest BCUT2D eigenvalue weighted by atomic mass is 19.4. The van der Waals surface area contributed by atoms with Crippen LogP contribution in [0.4, 0.5) is 18.9 Å². The van der Waals surface area contributed by atoms with Gasteiger partial charge in [0.2, 0.25) is 0 Å². The van der Waals surface area contributed by atoms with E-state index in [1.54, 1.807) is 0 Å². The minimum absolute atomic E-state index is 0.00838. The summed E-state index contributed by atoms with van der Waals surface area (Å²) in [5.41, 5.74) is -0.183. The smallest absolute Gasteiger partial charge is 0.358 e. The molecule has 0 atom stereocenters. The Morgan fingerprint density at radius 3 is 2.50 bits per heavy atom. The van der Waals surface area contributed by atoms with Gasteiger partial charge in [0.25, 0.3) is 0 Å². The van der Waals surface area contributed by atoms with E-state index in [4.69, 9.17) is 0 Å². The number of halogens is 3. The number of benzene rings is 1. The quantitative estimate of drug-likeness (QED) is 0.871. The predicted octanol–water partition coefficient (Wildman–Crippen LogP) is 3.75. The van der Waals surface area contributed by atoms with Crippen LogP contribution in [0.15, 0.2) is 36.0 Å². The number of hydrogen-bond donors (Lipinski definition) is 1. The molecule has 0 aliphatic heterocycles. The molecule has 1 aliphatic carbocycles. The number of rotatable bonds is 2. The molecule has 0 saturated heterocycles. The second-order valence-corrected chi connectivity index (χ2v) is 4.16. The van der Waals surface area contributed by atoms with Gasteiger partial charge in [0, 0.05) is 18.2 Å². The zero-order chi connectivity index (χ0) is 13.2. The predicted molar refractivity (Wildman–Crippen MR) is 62.0 cm³/mol. The first-order chi connectivity index (χ1) is 8.47. The van der Waals surface area contributed by atoms with Crippen molar-refractivity contribution >= 4 is 11.5 Å². The lowest BCUT2D eigenvalue weighted by Crippen LogP contribution is -2.13. The largest absolute Gasteiger partial charge is 0.418 e. The van der Waals surface area contributed by atoms with Crippen LogP contribution < -0.4 is 5.32 Å². The molecular formula is C13H12F3NO. The van der Waals surface area contributed by atoms with Gasteiger partial charge in [0.1, 0.15) is 0 Å². The maximum absolute atomic E-state index is 12.8. The fourth-order valence-corrected chi connectivity index (χ4v) is 1.90. The van der Waals surface area contributed by atoms with Gasteiger partial charge in [-0.3, -0.25) is 4.79 Å². The molecule has 1 N–H and O–H groups in total. The van der Waals surface area contributed by atoms with E-state index >= 15 is 0 Å². The Balaban J connectivity index is 2.27. The van der Waals surface area contributed by atoms with Crippen LogP contribution in [0.3, 0.4) is 0 Å². The van der Waals surface area contributed by atoms with Crippen LogP contribution in [0.25, 0.3) is 0 Å². The van der Waals surface area contributed by atoms with Crippen molar-refractivity contribution in [2.24, 2.45) is 0 Å². The Hall–Kier alpha value is -1.78. The summed E-state index contributed by atoms with van der Waals surface area (Å²) < 4.78 is 38.3. The number of carbonyl (C=O) groups is 1. The highest BCUT2D eigenvalue weighted by Crippen LogP contribution is 2.35. The highest BCUT2D eigenvalue weighted by molar-refractivity contribution is 5.91. The van der Waals surface area contributed by atoms with Crippen molar-refractivity contribution < 1.29 is 18.0 Å². The minimum atomic E-state index is -4.40. The molecule has 1 aliphatic rings. The van der Waals surface area contributed by atoms with Crippen molar-refractivity contribution in [3.05, 3.63) is 41.6 Å². The fraction of sp³-hybridized carbons (Fsp3) is 0.308. The van der Waals surface area contributed by atoms with Crippen molar-refractivity contribution in [3.63, 3.8) is 0 Å². The third-order valence-corrected chi connectivity index (χ3v) is 2.73. The van der Waals surface area contributed by atoms with E-state index in [1.807, 2.05) is 0 Å². The second-order valence-electron chi connectivity index (χ2n) is 4.16. The number of carbonyl (C=O) groups excluding carboxylic acids is 1. The second kappa shape index (κ2) is 4.84. The number of allylic oxidation sites excluding steroid dienone is 2. The van der Waals surface area contributed by atoms with Gasteiger partial charge in [-0.1, -0.05) is 12.1 Å². The lowest BCUT2D eigenvalue weighted by Gasteiger charge is -2.18. The maximum Gasteiger partial charge on any atom is 0.418 e. The number of nitrogens with one attached hydrogen (secondary N) is 1. The summed E-state index contributed by atoms with van der Waals surface area (Å²) in [4.78, 5) is 11.2. The van der Waals surface area contributed by atoms with Gasteiger partial charge >= 0.3 is 6.18 Å². The molecule has 0 amide bonds. The van der Waals surface area contributed by atoms with Crippen LogP contribution >= 0.6 is 0 Å². The normalized spacial score (nSPS) is 16.4. The van der Waals surface area contributed by atoms with Crippen LogP contribution in [0.5, 0.6) is 0 Å². The molecule has 18 heavy (non-hydrogen) atoms. The molecule has 0 spiro atoms. The Morgan fingerprint density at radius 2 is 1.83 bits per heavy atom. The molecule has 0 saturated carbocycles. The Bertz CT molecular complexity index is 491. The number of anilines is 1. The van der Waals surface area contributed by atoms with E-state index in [9.17, 15) is 18.0 Å². The summed E-state index contributed by atoms with van der Waals surface area (Å²) in [7, 11) is 0. The molecule has 2 rings (SSSR count). The molecule has 0 radical (unpaired) electrons.